The van der Waals surface area contributed by atoms with Gasteiger partial charge in [-0.05, 0) is 80.6 Å². The van der Waals surface area contributed by atoms with E-state index in [9.17, 15) is 0 Å². The van der Waals surface area contributed by atoms with Crippen LogP contribution in [0.2, 0.25) is 0 Å². The van der Waals surface area contributed by atoms with Gasteiger partial charge in [-0.15, -0.1) is 11.3 Å². The Kier molecular flexibility index (Phi) is 5.21. The lowest BCUT2D eigenvalue weighted by molar-refractivity contribution is -0.104. The smallest absolute Gasteiger partial charge is 0.0960 e. The summed E-state index contributed by atoms with van der Waals surface area (Å²) in [6.07, 6.45) is 13.1. The van der Waals surface area contributed by atoms with Crippen molar-refractivity contribution in [3.05, 3.63) is 52.0 Å². The quantitative estimate of drug-likeness (QED) is 0.623. The van der Waals surface area contributed by atoms with Crippen molar-refractivity contribution in [3.8, 4) is 0 Å². The molecule has 2 saturated carbocycles. The van der Waals surface area contributed by atoms with Crippen molar-refractivity contribution >= 4 is 11.3 Å². The molecule has 0 bridgehead atoms. The molecule has 0 aromatic carbocycles. The Labute approximate surface area is 189 Å². The van der Waals surface area contributed by atoms with Gasteiger partial charge in [0, 0.05) is 40.7 Å². The number of rotatable bonds is 6. The molecule has 31 heavy (non-hydrogen) atoms. The second-order valence-corrected chi connectivity index (χ2v) is 11.3. The van der Waals surface area contributed by atoms with E-state index in [2.05, 4.69) is 28.9 Å². The fourth-order valence-corrected chi connectivity index (χ4v) is 7.67. The second kappa shape index (κ2) is 7.95. The van der Waals surface area contributed by atoms with Crippen LogP contribution in [0.4, 0.5) is 0 Å². The fourth-order valence-electron chi connectivity index (χ4n) is 6.47. The third kappa shape index (κ3) is 3.68. The molecule has 4 heterocycles. The van der Waals surface area contributed by atoms with Gasteiger partial charge < -0.3 is 14.8 Å². The molecule has 2 aromatic heterocycles. The average molecular weight is 439 g/mol. The molecule has 2 aliphatic heterocycles. The Bertz CT molecular complexity index is 903. The molecule has 2 atom stereocenters. The Morgan fingerprint density at radius 1 is 1.10 bits per heavy atom. The maximum absolute atomic E-state index is 6.39. The summed E-state index contributed by atoms with van der Waals surface area (Å²) in [7, 11) is 0. The Morgan fingerprint density at radius 3 is 2.81 bits per heavy atom. The highest BCUT2D eigenvalue weighted by atomic mass is 32.1. The fraction of sp³-hybridized carbons (Fsp3) is 0.654. The van der Waals surface area contributed by atoms with Crippen LogP contribution in [-0.2, 0) is 20.3 Å². The van der Waals surface area contributed by atoms with Crippen molar-refractivity contribution in [2.45, 2.75) is 80.3 Å². The third-order valence-electron chi connectivity index (χ3n) is 8.42. The number of nitrogens with zero attached hydrogens (tertiary/aromatic N) is 1. The van der Waals surface area contributed by atoms with Crippen LogP contribution in [0.1, 0.15) is 80.0 Å². The number of thiophene rings is 1. The van der Waals surface area contributed by atoms with Crippen LogP contribution in [0, 0.1) is 0 Å². The maximum atomic E-state index is 6.39. The highest BCUT2D eigenvalue weighted by Gasteiger charge is 2.51. The van der Waals surface area contributed by atoms with Crippen molar-refractivity contribution in [1.29, 1.82) is 0 Å². The van der Waals surface area contributed by atoms with E-state index in [1.54, 1.807) is 4.88 Å². The van der Waals surface area contributed by atoms with Gasteiger partial charge in [-0.2, -0.15) is 0 Å². The topological polar surface area (TPSA) is 43.4 Å². The Morgan fingerprint density at radius 2 is 2.00 bits per heavy atom. The van der Waals surface area contributed by atoms with Crippen LogP contribution in [-0.4, -0.2) is 36.9 Å². The molecule has 2 aromatic rings. The molecular formula is C26H34N2O2S. The van der Waals surface area contributed by atoms with Gasteiger partial charge in [0.25, 0.3) is 0 Å². The first-order chi connectivity index (χ1) is 15.2. The summed E-state index contributed by atoms with van der Waals surface area (Å²) in [5.74, 6) is 0. The molecule has 0 radical (unpaired) electrons. The molecule has 4 aliphatic rings. The molecule has 4 nitrogen and oxygen atoms in total. The lowest BCUT2D eigenvalue weighted by Crippen LogP contribution is -2.47. The summed E-state index contributed by atoms with van der Waals surface area (Å²) in [6, 6.07) is 8.72. The SMILES string of the molecule is c1ccc([C@]2(CCNCC3OCC4(CC4)c4sccc43)CCOC3(CCCC3)C2)nc1. The largest absolute Gasteiger partial charge is 0.375 e. The molecule has 2 aliphatic carbocycles. The monoisotopic (exact) mass is 438 g/mol. The number of aromatic nitrogens is 1. The van der Waals surface area contributed by atoms with Crippen molar-refractivity contribution in [3.63, 3.8) is 0 Å². The molecule has 6 rings (SSSR count). The normalized spacial score (nSPS) is 30.5. The zero-order chi connectivity index (χ0) is 20.8. The highest BCUT2D eigenvalue weighted by Crippen LogP contribution is 2.56. The van der Waals surface area contributed by atoms with Gasteiger partial charge in [-0.3, -0.25) is 4.98 Å². The van der Waals surface area contributed by atoms with E-state index in [0.717, 1.165) is 45.6 Å². The Hall–Kier alpha value is -1.27. The van der Waals surface area contributed by atoms with Crippen LogP contribution in [0.3, 0.4) is 0 Å². The lowest BCUT2D eigenvalue weighted by atomic mass is 9.68. The number of nitrogens with one attached hydrogen (secondary N) is 1. The standard InChI is InChI=1S/C26H34N2O2S/c1-4-13-28-22(5-1)24(12-15-30-26(18-24)7-2-3-8-26)11-14-27-17-21-20-6-16-31-23(20)25(9-10-25)19-29-21/h1,4-6,13,16,21,27H,2-3,7-12,14-15,17-19H2/t21?,24-/m1/s1. The molecule has 1 N–H and O–H groups in total. The van der Waals surface area contributed by atoms with Crippen molar-refractivity contribution in [2.75, 3.05) is 26.3 Å². The van der Waals surface area contributed by atoms with Crippen molar-refractivity contribution in [1.82, 2.24) is 10.3 Å². The summed E-state index contributed by atoms with van der Waals surface area (Å²) in [6.45, 7) is 3.67. The summed E-state index contributed by atoms with van der Waals surface area (Å²) in [4.78, 5) is 6.44. The summed E-state index contributed by atoms with van der Waals surface area (Å²) < 4.78 is 12.7. The van der Waals surface area contributed by atoms with Crippen LogP contribution < -0.4 is 5.32 Å². The minimum absolute atomic E-state index is 0.0897. The van der Waals surface area contributed by atoms with Crippen LogP contribution >= 0.6 is 11.3 Å². The van der Waals surface area contributed by atoms with E-state index < -0.39 is 0 Å². The van der Waals surface area contributed by atoms with Crippen molar-refractivity contribution < 1.29 is 9.47 Å². The van der Waals surface area contributed by atoms with Crippen LogP contribution in [0.25, 0.3) is 0 Å². The molecular weight excluding hydrogens is 404 g/mol. The minimum Gasteiger partial charge on any atom is -0.375 e. The molecule has 2 spiro atoms. The van der Waals surface area contributed by atoms with E-state index in [4.69, 9.17) is 14.5 Å². The number of pyridine rings is 1. The van der Waals surface area contributed by atoms with Gasteiger partial charge >= 0.3 is 0 Å². The molecule has 1 unspecified atom stereocenters. The van der Waals surface area contributed by atoms with E-state index in [1.165, 1.54) is 49.8 Å². The first-order valence-corrected chi connectivity index (χ1v) is 13.1. The molecule has 1 saturated heterocycles. The lowest BCUT2D eigenvalue weighted by Gasteiger charge is -2.46. The third-order valence-corrected chi connectivity index (χ3v) is 9.60. The number of hydrogen-bond acceptors (Lipinski definition) is 5. The summed E-state index contributed by atoms with van der Waals surface area (Å²) in [5, 5.41) is 6.02. The minimum atomic E-state index is 0.0897. The van der Waals surface area contributed by atoms with Gasteiger partial charge in [0.1, 0.15) is 0 Å². The highest BCUT2D eigenvalue weighted by molar-refractivity contribution is 7.10. The van der Waals surface area contributed by atoms with Gasteiger partial charge in [0.2, 0.25) is 0 Å². The average Bonchev–Trinajstić information content (AvgIpc) is 3.18. The van der Waals surface area contributed by atoms with E-state index in [0.29, 0.717) is 5.41 Å². The maximum Gasteiger partial charge on any atom is 0.0960 e. The van der Waals surface area contributed by atoms with E-state index in [1.807, 2.05) is 23.6 Å². The number of fused-ring (bicyclic) bond motifs is 2. The number of hydrogen-bond donors (Lipinski definition) is 1. The van der Waals surface area contributed by atoms with E-state index in [-0.39, 0.29) is 17.1 Å². The predicted octanol–water partition coefficient (Wildman–Crippen LogP) is 5.29. The zero-order valence-electron chi connectivity index (χ0n) is 18.4. The van der Waals surface area contributed by atoms with Gasteiger partial charge in [0.05, 0.1) is 18.3 Å². The summed E-state index contributed by atoms with van der Waals surface area (Å²) in [5.41, 5.74) is 3.29. The van der Waals surface area contributed by atoms with E-state index >= 15 is 0 Å². The Balaban J connectivity index is 1.14. The molecule has 5 heteroatoms. The second-order valence-electron chi connectivity index (χ2n) is 10.4. The molecule has 0 amide bonds. The summed E-state index contributed by atoms with van der Waals surface area (Å²) >= 11 is 1.94. The van der Waals surface area contributed by atoms with Crippen LogP contribution in [0.15, 0.2) is 35.8 Å². The van der Waals surface area contributed by atoms with Gasteiger partial charge in [0.15, 0.2) is 0 Å². The molecule has 166 valence electrons. The van der Waals surface area contributed by atoms with Crippen molar-refractivity contribution in [2.24, 2.45) is 0 Å². The van der Waals surface area contributed by atoms with Gasteiger partial charge in [-0.25, -0.2) is 0 Å². The predicted molar refractivity (Wildman–Crippen MR) is 124 cm³/mol. The first-order valence-electron chi connectivity index (χ1n) is 12.2. The zero-order valence-corrected chi connectivity index (χ0v) is 19.2. The first kappa shape index (κ1) is 20.3. The number of ether oxygens (including phenoxy) is 2. The molecule has 3 fully saturated rings. The van der Waals surface area contributed by atoms with Gasteiger partial charge in [-0.1, -0.05) is 18.9 Å². The van der Waals surface area contributed by atoms with Crippen LogP contribution in [0.5, 0.6) is 0 Å².